The van der Waals surface area contributed by atoms with Crippen LogP contribution in [0, 0.1) is 0 Å². The zero-order valence-electron chi connectivity index (χ0n) is 11.6. The van der Waals surface area contributed by atoms with Gasteiger partial charge in [-0.05, 0) is 42.4 Å². The predicted octanol–water partition coefficient (Wildman–Crippen LogP) is 3.64. The molecule has 0 heterocycles. The van der Waals surface area contributed by atoms with Gasteiger partial charge in [0.05, 0.1) is 0 Å². The monoisotopic (exact) mass is 320 g/mol. The number of thiocarbonyl (C=S) groups is 1. The van der Waals surface area contributed by atoms with Crippen molar-refractivity contribution >= 4 is 34.6 Å². The topological polar surface area (TPSA) is 58.3 Å². The molecule has 110 valence electrons. The van der Waals surface area contributed by atoms with Gasteiger partial charge in [0.15, 0.2) is 5.11 Å². The summed E-state index contributed by atoms with van der Waals surface area (Å²) in [6, 6.07) is 14.7. The molecule has 0 spiro atoms. The average molecular weight is 321 g/mol. The number of aliphatic hydroxyl groups is 1. The molecule has 4 N–H and O–H groups in total. The van der Waals surface area contributed by atoms with Crippen LogP contribution in [0.1, 0.15) is 24.5 Å². The van der Waals surface area contributed by atoms with Crippen molar-refractivity contribution < 1.29 is 5.11 Å². The molecular weight excluding hydrogens is 304 g/mol. The van der Waals surface area contributed by atoms with Crippen molar-refractivity contribution in [2.75, 3.05) is 5.32 Å². The summed E-state index contributed by atoms with van der Waals surface area (Å²) in [5.41, 5.74) is 6.49. The lowest BCUT2D eigenvalue weighted by atomic mass is 9.83. The highest BCUT2D eigenvalue weighted by Gasteiger charge is 2.32. The first-order chi connectivity index (χ1) is 9.97. The van der Waals surface area contributed by atoms with Crippen molar-refractivity contribution in [3.63, 3.8) is 0 Å². The molecule has 2 rings (SSSR count). The molecule has 0 saturated heterocycles. The lowest BCUT2D eigenvalue weighted by molar-refractivity contribution is 0.0773. The van der Waals surface area contributed by atoms with Crippen LogP contribution in [0.3, 0.4) is 0 Å². The van der Waals surface area contributed by atoms with E-state index >= 15 is 0 Å². The Morgan fingerprint density at radius 3 is 2.52 bits per heavy atom. The Morgan fingerprint density at radius 1 is 1.29 bits per heavy atom. The van der Waals surface area contributed by atoms with Crippen molar-refractivity contribution in [2.24, 2.45) is 5.73 Å². The van der Waals surface area contributed by atoms with Crippen LogP contribution in [0.4, 0.5) is 5.69 Å². The van der Waals surface area contributed by atoms with Crippen molar-refractivity contribution in [3.05, 3.63) is 64.7 Å². The average Bonchev–Trinajstić information content (AvgIpc) is 2.48. The number of benzene rings is 2. The van der Waals surface area contributed by atoms with Crippen LogP contribution in [0.15, 0.2) is 48.5 Å². The number of anilines is 1. The molecule has 2 aromatic rings. The molecule has 0 aliphatic rings. The Balaban J connectivity index is 2.61. The molecule has 2 aromatic carbocycles. The number of rotatable bonds is 4. The molecule has 1 atom stereocenters. The molecule has 0 saturated carbocycles. The normalized spacial score (nSPS) is 13.5. The third-order valence-electron chi connectivity index (χ3n) is 3.45. The van der Waals surface area contributed by atoms with Crippen molar-refractivity contribution in [2.45, 2.75) is 18.9 Å². The minimum Gasteiger partial charge on any atom is -0.380 e. The van der Waals surface area contributed by atoms with Gasteiger partial charge in [-0.3, -0.25) is 0 Å². The number of nitrogens with two attached hydrogens (primary N) is 1. The van der Waals surface area contributed by atoms with Crippen LogP contribution in [-0.4, -0.2) is 10.2 Å². The molecule has 1 unspecified atom stereocenters. The van der Waals surface area contributed by atoms with E-state index < -0.39 is 5.60 Å². The van der Waals surface area contributed by atoms with Crippen molar-refractivity contribution in [1.82, 2.24) is 0 Å². The third kappa shape index (κ3) is 3.35. The molecule has 0 radical (unpaired) electrons. The van der Waals surface area contributed by atoms with Gasteiger partial charge in [0.25, 0.3) is 0 Å². The van der Waals surface area contributed by atoms with Crippen LogP contribution in [0.5, 0.6) is 0 Å². The SMILES string of the molecule is CCC(O)(c1ccccc1)c1cc(Cl)ccc1NC(N)=S. The van der Waals surface area contributed by atoms with Gasteiger partial charge in [0.1, 0.15) is 5.60 Å². The Bertz CT molecular complexity index is 648. The van der Waals surface area contributed by atoms with E-state index in [4.69, 9.17) is 29.6 Å². The molecule has 3 nitrogen and oxygen atoms in total. The zero-order chi connectivity index (χ0) is 15.5. The summed E-state index contributed by atoms with van der Waals surface area (Å²) in [5.74, 6) is 0. The smallest absolute Gasteiger partial charge is 0.168 e. The number of hydrogen-bond acceptors (Lipinski definition) is 2. The molecule has 0 aromatic heterocycles. The fraction of sp³-hybridized carbons (Fsp3) is 0.188. The molecule has 0 bridgehead atoms. The molecule has 0 fully saturated rings. The largest absolute Gasteiger partial charge is 0.380 e. The zero-order valence-corrected chi connectivity index (χ0v) is 13.2. The van der Waals surface area contributed by atoms with E-state index in [0.29, 0.717) is 22.7 Å². The van der Waals surface area contributed by atoms with Gasteiger partial charge >= 0.3 is 0 Å². The summed E-state index contributed by atoms with van der Waals surface area (Å²) in [5, 5.41) is 14.8. The van der Waals surface area contributed by atoms with Gasteiger partial charge in [-0.2, -0.15) is 0 Å². The highest BCUT2D eigenvalue weighted by molar-refractivity contribution is 7.80. The maximum atomic E-state index is 11.2. The Kier molecular flexibility index (Phi) is 4.83. The highest BCUT2D eigenvalue weighted by Crippen LogP contribution is 2.38. The highest BCUT2D eigenvalue weighted by atomic mass is 35.5. The summed E-state index contributed by atoms with van der Waals surface area (Å²) >= 11 is 11.0. The Hall–Kier alpha value is -1.62. The molecule has 5 heteroatoms. The van der Waals surface area contributed by atoms with E-state index in [-0.39, 0.29) is 5.11 Å². The summed E-state index contributed by atoms with van der Waals surface area (Å²) in [7, 11) is 0. The Morgan fingerprint density at radius 2 is 1.95 bits per heavy atom. The van der Waals surface area contributed by atoms with E-state index in [1.807, 2.05) is 37.3 Å². The fourth-order valence-corrected chi connectivity index (χ4v) is 2.65. The summed E-state index contributed by atoms with van der Waals surface area (Å²) in [6.07, 6.45) is 0.489. The van der Waals surface area contributed by atoms with Gasteiger partial charge < -0.3 is 16.2 Å². The summed E-state index contributed by atoms with van der Waals surface area (Å²) in [4.78, 5) is 0. The molecular formula is C16H17ClN2OS. The van der Waals surface area contributed by atoms with Crippen LogP contribution >= 0.6 is 23.8 Å². The summed E-state index contributed by atoms with van der Waals surface area (Å²) < 4.78 is 0. The fourth-order valence-electron chi connectivity index (χ4n) is 2.36. The van der Waals surface area contributed by atoms with Crippen molar-refractivity contribution in [1.29, 1.82) is 0 Å². The second-order valence-electron chi connectivity index (χ2n) is 4.76. The second-order valence-corrected chi connectivity index (χ2v) is 5.64. The van der Waals surface area contributed by atoms with E-state index in [0.717, 1.165) is 5.56 Å². The second kappa shape index (κ2) is 6.43. The maximum Gasteiger partial charge on any atom is 0.168 e. The standard InChI is InChI=1S/C16H17ClN2OS/c1-2-16(20,11-6-4-3-5-7-11)13-10-12(17)8-9-14(13)19-15(18)21/h3-10,20H,2H2,1H3,(H3,18,19,21). The molecule has 0 amide bonds. The minimum atomic E-state index is -1.17. The molecule has 0 aliphatic carbocycles. The van der Waals surface area contributed by atoms with Crippen LogP contribution < -0.4 is 11.1 Å². The lowest BCUT2D eigenvalue weighted by Crippen LogP contribution is -2.29. The molecule has 0 aliphatic heterocycles. The number of halogens is 1. The van der Waals surface area contributed by atoms with E-state index in [2.05, 4.69) is 5.32 Å². The lowest BCUT2D eigenvalue weighted by Gasteiger charge is -2.30. The van der Waals surface area contributed by atoms with Gasteiger partial charge in [-0.1, -0.05) is 48.9 Å². The Labute approximate surface area is 134 Å². The van der Waals surface area contributed by atoms with Crippen LogP contribution in [0.2, 0.25) is 5.02 Å². The minimum absolute atomic E-state index is 0.144. The van der Waals surface area contributed by atoms with Crippen LogP contribution in [-0.2, 0) is 5.60 Å². The van der Waals surface area contributed by atoms with Gasteiger partial charge in [0.2, 0.25) is 0 Å². The first-order valence-electron chi connectivity index (χ1n) is 6.61. The maximum absolute atomic E-state index is 11.2. The van der Waals surface area contributed by atoms with E-state index in [9.17, 15) is 5.11 Å². The van der Waals surface area contributed by atoms with Crippen molar-refractivity contribution in [3.8, 4) is 0 Å². The quantitative estimate of drug-likeness (QED) is 0.753. The van der Waals surface area contributed by atoms with Crippen LogP contribution in [0.25, 0.3) is 0 Å². The summed E-state index contributed by atoms with van der Waals surface area (Å²) in [6.45, 7) is 1.92. The van der Waals surface area contributed by atoms with E-state index in [1.54, 1.807) is 18.2 Å². The molecule has 21 heavy (non-hydrogen) atoms. The first-order valence-corrected chi connectivity index (χ1v) is 7.40. The van der Waals surface area contributed by atoms with Gasteiger partial charge in [0, 0.05) is 16.3 Å². The van der Waals surface area contributed by atoms with E-state index in [1.165, 1.54) is 0 Å². The third-order valence-corrected chi connectivity index (χ3v) is 3.79. The number of hydrogen-bond donors (Lipinski definition) is 3. The van der Waals surface area contributed by atoms with Gasteiger partial charge in [-0.15, -0.1) is 0 Å². The number of nitrogens with one attached hydrogen (secondary N) is 1. The predicted molar refractivity (Wildman–Crippen MR) is 91.6 cm³/mol. The van der Waals surface area contributed by atoms with Gasteiger partial charge in [-0.25, -0.2) is 0 Å². The first kappa shape index (κ1) is 15.8.